The summed E-state index contributed by atoms with van der Waals surface area (Å²) < 4.78 is 17.8. The summed E-state index contributed by atoms with van der Waals surface area (Å²) in [5.74, 6) is -0.0749. The Morgan fingerprint density at radius 2 is 1.70 bits per heavy atom. The van der Waals surface area contributed by atoms with Crippen molar-refractivity contribution in [1.82, 2.24) is 5.32 Å². The second kappa shape index (κ2) is 8.68. The minimum atomic E-state index is -0.751. The number of benzene rings is 1. The quantitative estimate of drug-likeness (QED) is 0.313. The van der Waals surface area contributed by atoms with Crippen LogP contribution in [0.25, 0.3) is 0 Å². The van der Waals surface area contributed by atoms with E-state index in [1.54, 1.807) is 0 Å². The van der Waals surface area contributed by atoms with Gasteiger partial charge in [0.15, 0.2) is 0 Å². The maximum atomic E-state index is 12.7. The molecule has 8 nitrogen and oxygen atoms in total. The molecular formula is C29H39NO7. The fourth-order valence-electron chi connectivity index (χ4n) is 7.99. The molecule has 4 bridgehead atoms. The Bertz CT molecular complexity index is 1050. The average Bonchev–Trinajstić information content (AvgIpc) is 3.15. The van der Waals surface area contributed by atoms with Crippen LogP contribution in [-0.4, -0.2) is 34.8 Å². The molecule has 6 fully saturated rings. The molecule has 5 saturated carbocycles. The fourth-order valence-corrected chi connectivity index (χ4v) is 7.99. The van der Waals surface area contributed by atoms with E-state index < -0.39 is 17.2 Å². The van der Waals surface area contributed by atoms with E-state index in [2.05, 4.69) is 5.32 Å². The number of nitrogens with one attached hydrogen (secondary N) is 1. The van der Waals surface area contributed by atoms with E-state index >= 15 is 0 Å². The van der Waals surface area contributed by atoms with Crippen molar-refractivity contribution in [2.45, 2.75) is 114 Å². The lowest BCUT2D eigenvalue weighted by atomic mass is 9.50. The lowest BCUT2D eigenvalue weighted by molar-refractivity contribution is -0.391. The van der Waals surface area contributed by atoms with E-state index in [4.69, 9.17) is 24.0 Å². The van der Waals surface area contributed by atoms with Gasteiger partial charge < -0.3 is 19.5 Å². The number of hydrogen-bond donors (Lipinski definition) is 1. The van der Waals surface area contributed by atoms with Crippen LogP contribution < -0.4 is 10.1 Å². The molecule has 2 unspecified atom stereocenters. The molecule has 2 spiro atoms. The summed E-state index contributed by atoms with van der Waals surface area (Å²) in [6, 6.07) is 7.76. The van der Waals surface area contributed by atoms with E-state index in [1.165, 1.54) is 12.5 Å². The van der Waals surface area contributed by atoms with Crippen molar-refractivity contribution in [3.8, 4) is 5.75 Å². The summed E-state index contributed by atoms with van der Waals surface area (Å²) in [4.78, 5) is 36.4. The zero-order chi connectivity index (χ0) is 26.1. The Hall–Kier alpha value is -2.16. The Labute approximate surface area is 218 Å². The maximum absolute atomic E-state index is 12.7. The number of alkyl carbamates (subject to hydrolysis) is 1. The molecule has 0 radical (unpaired) electrons. The molecule has 1 aliphatic heterocycles. The SMILES string of the molecule is CC(=O)Oc1ccc([C@@H]2CCC[C@]3(C2)OOC2(O3)C3CC4CC2CC(NC(=O)OC(C)(C)C)(C4)C3)cc1. The summed E-state index contributed by atoms with van der Waals surface area (Å²) in [6.07, 6.45) is 7.94. The van der Waals surface area contributed by atoms with Gasteiger partial charge in [-0.15, -0.1) is 0 Å². The summed E-state index contributed by atoms with van der Waals surface area (Å²) in [7, 11) is 0. The smallest absolute Gasteiger partial charge is 0.408 e. The summed E-state index contributed by atoms with van der Waals surface area (Å²) in [5, 5.41) is 3.26. The number of amides is 1. The van der Waals surface area contributed by atoms with Gasteiger partial charge in [-0.05, 0) is 95.2 Å². The molecule has 1 amide bonds. The van der Waals surface area contributed by atoms with E-state index in [-0.39, 0.29) is 35.4 Å². The molecule has 0 aromatic heterocycles. The molecule has 4 atom stereocenters. The summed E-state index contributed by atoms with van der Waals surface area (Å²) >= 11 is 0. The van der Waals surface area contributed by atoms with Crippen LogP contribution in [0.15, 0.2) is 24.3 Å². The molecule has 8 heteroatoms. The van der Waals surface area contributed by atoms with Crippen molar-refractivity contribution in [3.63, 3.8) is 0 Å². The maximum Gasteiger partial charge on any atom is 0.408 e. The molecule has 37 heavy (non-hydrogen) atoms. The van der Waals surface area contributed by atoms with Crippen molar-refractivity contribution in [1.29, 1.82) is 0 Å². The molecule has 6 aliphatic rings. The van der Waals surface area contributed by atoms with E-state index in [0.717, 1.165) is 57.8 Å². The van der Waals surface area contributed by atoms with Crippen LogP contribution in [0, 0.1) is 17.8 Å². The third-order valence-corrected chi connectivity index (χ3v) is 9.04. The van der Waals surface area contributed by atoms with Crippen LogP contribution in [0.2, 0.25) is 0 Å². The molecular weight excluding hydrogens is 474 g/mol. The van der Waals surface area contributed by atoms with E-state index in [0.29, 0.717) is 11.7 Å². The third-order valence-electron chi connectivity index (χ3n) is 9.04. The normalized spacial score (nSPS) is 40.2. The highest BCUT2D eigenvalue weighted by atomic mass is 17.3. The van der Waals surface area contributed by atoms with Gasteiger partial charge in [0, 0.05) is 37.1 Å². The molecule has 1 N–H and O–H groups in total. The predicted octanol–water partition coefficient (Wildman–Crippen LogP) is 5.74. The van der Waals surface area contributed by atoms with Crippen LogP contribution in [-0.2, 0) is 24.0 Å². The Balaban J connectivity index is 1.16. The molecule has 5 aliphatic carbocycles. The number of carbonyl (C=O) groups is 2. The third kappa shape index (κ3) is 4.66. The molecule has 202 valence electrons. The van der Waals surface area contributed by atoms with Gasteiger partial charge in [0.05, 0.1) is 0 Å². The Kier molecular flexibility index (Phi) is 5.90. The molecule has 7 rings (SSSR count). The Morgan fingerprint density at radius 1 is 1.00 bits per heavy atom. The summed E-state index contributed by atoms with van der Waals surface area (Å²) in [5.41, 5.74) is 0.406. The van der Waals surface area contributed by atoms with Crippen molar-refractivity contribution < 1.29 is 33.6 Å². The largest absolute Gasteiger partial charge is 0.444 e. The first-order chi connectivity index (χ1) is 17.5. The van der Waals surface area contributed by atoms with Crippen LogP contribution in [0.1, 0.15) is 97.0 Å². The molecule has 1 saturated heterocycles. The topological polar surface area (TPSA) is 92.3 Å². The van der Waals surface area contributed by atoms with Gasteiger partial charge in [0.2, 0.25) is 11.6 Å². The van der Waals surface area contributed by atoms with Crippen molar-refractivity contribution in [2.24, 2.45) is 17.8 Å². The fraction of sp³-hybridized carbons (Fsp3) is 0.724. The highest BCUT2D eigenvalue weighted by Gasteiger charge is 2.70. The van der Waals surface area contributed by atoms with Gasteiger partial charge in [-0.1, -0.05) is 12.1 Å². The average molecular weight is 514 g/mol. The lowest BCUT2D eigenvalue weighted by Gasteiger charge is -2.62. The van der Waals surface area contributed by atoms with E-state index in [1.807, 2.05) is 45.0 Å². The number of ether oxygens (including phenoxy) is 3. The van der Waals surface area contributed by atoms with Gasteiger partial charge in [0.1, 0.15) is 11.4 Å². The van der Waals surface area contributed by atoms with Crippen LogP contribution in [0.5, 0.6) is 5.75 Å². The van der Waals surface area contributed by atoms with Crippen LogP contribution in [0.3, 0.4) is 0 Å². The lowest BCUT2D eigenvalue weighted by Crippen LogP contribution is -2.69. The van der Waals surface area contributed by atoms with Crippen molar-refractivity contribution in [3.05, 3.63) is 29.8 Å². The van der Waals surface area contributed by atoms with Gasteiger partial charge in [-0.25, -0.2) is 4.79 Å². The van der Waals surface area contributed by atoms with Gasteiger partial charge >= 0.3 is 12.1 Å². The Morgan fingerprint density at radius 3 is 2.35 bits per heavy atom. The number of esters is 1. The minimum absolute atomic E-state index is 0.177. The second-order valence-electron chi connectivity index (χ2n) is 13.1. The van der Waals surface area contributed by atoms with E-state index in [9.17, 15) is 9.59 Å². The van der Waals surface area contributed by atoms with Gasteiger partial charge in [-0.2, -0.15) is 9.78 Å². The van der Waals surface area contributed by atoms with Crippen LogP contribution in [0.4, 0.5) is 4.79 Å². The monoisotopic (exact) mass is 513 g/mol. The van der Waals surface area contributed by atoms with Crippen molar-refractivity contribution >= 4 is 12.1 Å². The number of carbonyl (C=O) groups excluding carboxylic acids is 2. The van der Waals surface area contributed by atoms with Gasteiger partial charge in [-0.3, -0.25) is 4.79 Å². The number of rotatable bonds is 3. The molecule has 1 heterocycles. The highest BCUT2D eigenvalue weighted by molar-refractivity contribution is 5.69. The standard InChI is InChI=1S/C29H39NO7/c1-18(31)33-24-9-7-20(8-10-24)21-6-5-11-28(15-21)35-29(37-36-28)22-12-19-13-23(29)17-27(14-19,16-22)30-25(32)34-26(2,3)4/h7-10,19,21-23H,5-6,11-17H2,1-4H3,(H,30,32)/t19?,21-,22?,23?,27?,28-,29?/m1/s1. The number of hydrogen-bond acceptors (Lipinski definition) is 7. The summed E-state index contributed by atoms with van der Waals surface area (Å²) in [6.45, 7) is 7.08. The van der Waals surface area contributed by atoms with Crippen molar-refractivity contribution in [2.75, 3.05) is 0 Å². The highest BCUT2D eigenvalue weighted by Crippen LogP contribution is 2.65. The molecule has 1 aromatic rings. The minimum Gasteiger partial charge on any atom is -0.444 e. The first-order valence-corrected chi connectivity index (χ1v) is 13.8. The predicted molar refractivity (Wildman–Crippen MR) is 133 cm³/mol. The zero-order valence-corrected chi connectivity index (χ0v) is 22.3. The first kappa shape index (κ1) is 25.1. The van der Waals surface area contributed by atoms with Gasteiger partial charge in [0.25, 0.3) is 0 Å². The second-order valence-corrected chi connectivity index (χ2v) is 13.1. The van der Waals surface area contributed by atoms with Crippen LogP contribution >= 0.6 is 0 Å². The molecule has 1 aromatic carbocycles. The first-order valence-electron chi connectivity index (χ1n) is 13.8. The zero-order valence-electron chi connectivity index (χ0n) is 22.3.